The third kappa shape index (κ3) is 15.4. The molecule has 2 aliphatic heterocycles. The van der Waals surface area contributed by atoms with Crippen LogP contribution < -0.4 is 42.8 Å². The number of anilines is 1. The topological polar surface area (TPSA) is 414 Å². The molecule has 6 heterocycles. The molecule has 498 valence electrons. The van der Waals surface area contributed by atoms with Crippen molar-refractivity contribution in [3.05, 3.63) is 105 Å². The number of fused-ring (bicyclic) bond motifs is 5. The van der Waals surface area contributed by atoms with Gasteiger partial charge in [-0.05, 0) is 137 Å². The molecule has 31 heteroatoms. The zero-order chi connectivity index (χ0) is 68.4. The molecular weight excluding hydrogens is 1260 g/mol. The molecule has 2 aromatic carbocycles. The van der Waals surface area contributed by atoms with E-state index in [2.05, 4.69) is 57.2 Å². The molecule has 0 fully saturated rings. The third-order valence-electron chi connectivity index (χ3n) is 16.1. The molecule has 7 amide bonds. The number of esters is 1. The first-order valence-corrected chi connectivity index (χ1v) is 34.1. The highest BCUT2D eigenvalue weighted by Crippen LogP contribution is 2.44. The molecule has 0 saturated heterocycles. The van der Waals surface area contributed by atoms with Crippen molar-refractivity contribution in [1.29, 1.82) is 0 Å². The summed E-state index contributed by atoms with van der Waals surface area (Å²) < 4.78 is 60.7. The monoisotopic (exact) mass is 1330 g/mol. The van der Waals surface area contributed by atoms with Crippen LogP contribution in [0.5, 0.6) is 0 Å². The molecule has 0 bridgehead atoms. The molecule has 6 aromatic rings. The summed E-state index contributed by atoms with van der Waals surface area (Å²) in [6, 6.07) is 5.96. The number of ether oxygens (including phenoxy) is 2. The van der Waals surface area contributed by atoms with Gasteiger partial charge in [0.25, 0.3) is 11.5 Å². The van der Waals surface area contributed by atoms with Crippen LogP contribution in [0, 0.1) is 5.92 Å². The molecular formula is C63H73N13O16S2. The molecule has 4 aromatic heterocycles. The lowest BCUT2D eigenvalue weighted by molar-refractivity contribution is -0.172. The number of hydrogen-bond donors (Lipinski definition) is 8. The van der Waals surface area contributed by atoms with Gasteiger partial charge in [-0.1, -0.05) is 20.8 Å². The minimum Gasteiger partial charge on any atom is -0.458 e. The molecule has 94 heavy (non-hydrogen) atoms. The van der Waals surface area contributed by atoms with Crippen LogP contribution in [0.25, 0.3) is 44.5 Å². The average Bonchev–Trinajstić information content (AvgIpc) is 1.51. The van der Waals surface area contributed by atoms with Crippen LogP contribution >= 0.6 is 0 Å². The lowest BCUT2D eigenvalue weighted by Gasteiger charge is -2.31. The number of amides is 7. The van der Waals surface area contributed by atoms with E-state index < -0.39 is 126 Å². The van der Waals surface area contributed by atoms with E-state index in [1.54, 1.807) is 70.4 Å². The molecule has 9 rings (SSSR count). The van der Waals surface area contributed by atoms with E-state index in [9.17, 15) is 65.1 Å². The van der Waals surface area contributed by atoms with Gasteiger partial charge < -0.3 is 56.4 Å². The van der Waals surface area contributed by atoms with Crippen molar-refractivity contribution in [3.63, 3.8) is 0 Å². The molecule has 0 unspecified atom stereocenters. The fourth-order valence-electron chi connectivity index (χ4n) is 11.2. The fourth-order valence-corrected chi connectivity index (χ4v) is 12.2. The normalized spacial score (nSPS) is 15.8. The highest BCUT2D eigenvalue weighted by Gasteiger charge is 2.46. The Morgan fingerprint density at radius 1 is 0.723 bits per heavy atom. The highest BCUT2D eigenvalue weighted by atomic mass is 32.2. The maximum Gasteiger partial charge on any atom is 0.407 e. The van der Waals surface area contributed by atoms with Crippen molar-refractivity contribution < 1.29 is 69.8 Å². The fraction of sp³-hybridized carbons (Fsp3) is 0.429. The number of pyridine rings is 2. The van der Waals surface area contributed by atoms with Crippen molar-refractivity contribution in [1.82, 2.24) is 61.4 Å². The zero-order valence-electron chi connectivity index (χ0n) is 53.1. The number of aromatic nitrogens is 6. The van der Waals surface area contributed by atoms with Crippen LogP contribution in [-0.2, 0) is 89.5 Å². The van der Waals surface area contributed by atoms with Crippen LogP contribution in [0.3, 0.4) is 0 Å². The van der Waals surface area contributed by atoms with E-state index in [1.807, 2.05) is 0 Å². The summed E-state index contributed by atoms with van der Waals surface area (Å²) in [5.41, 5.74) is 3.18. The van der Waals surface area contributed by atoms with Crippen LogP contribution in [0.15, 0.2) is 76.3 Å². The van der Waals surface area contributed by atoms with Gasteiger partial charge in [-0.3, -0.25) is 33.6 Å². The van der Waals surface area contributed by atoms with Crippen molar-refractivity contribution in [2.45, 2.75) is 146 Å². The standard InChI is InChI=1S/C63H73N13O16S2/c1-10-63(86)43-23-47-52-41(30-76(47)57(83)42(43)31-91-58(63)84)39-14-13-15-40-44(17-18-45(72-52)50(39)40)73-53(79)33(4)71-56(82)51(32(2)3)75-49(78)29-65-48(77)28-66-55(81)46(16-11-12-19-64-61(85)92-62(5,6)7)74-54(80)36-21-34(37-24-67-59(68-25-37)93(8,87)88)20-35(22-36)38-26-69-60(70-27-38)94(9,89)90/h17-18,20-27,32-33,46,51,86H,10-16,19,28-31H2,1-9H3,(H,64,85)(H,65,77)(H,66,81)(H,71,82)(H,73,79)(H,74,80)(H,75,78)/t33-,46-,51-,63-/m0/s1. The maximum atomic E-state index is 14.3. The van der Waals surface area contributed by atoms with Crippen molar-refractivity contribution in [3.8, 4) is 33.6 Å². The van der Waals surface area contributed by atoms with Gasteiger partial charge in [-0.2, -0.15) is 0 Å². The number of benzene rings is 2. The molecule has 4 atom stereocenters. The van der Waals surface area contributed by atoms with Crippen molar-refractivity contribution >= 4 is 83.8 Å². The Labute approximate surface area is 540 Å². The molecule has 0 radical (unpaired) electrons. The number of nitrogens with one attached hydrogen (secondary N) is 7. The predicted molar refractivity (Wildman–Crippen MR) is 340 cm³/mol. The van der Waals surface area contributed by atoms with E-state index in [0.29, 0.717) is 59.4 Å². The summed E-state index contributed by atoms with van der Waals surface area (Å²) >= 11 is 0. The van der Waals surface area contributed by atoms with Crippen molar-refractivity contribution in [2.24, 2.45) is 5.92 Å². The summed E-state index contributed by atoms with van der Waals surface area (Å²) in [5.74, 6) is -5.79. The molecule has 8 N–H and O–H groups in total. The smallest absolute Gasteiger partial charge is 0.407 e. The van der Waals surface area contributed by atoms with Gasteiger partial charge >= 0.3 is 12.1 Å². The van der Waals surface area contributed by atoms with Crippen LogP contribution in [0.2, 0.25) is 0 Å². The maximum absolute atomic E-state index is 14.3. The number of carbonyl (C=O) groups excluding carboxylic acids is 8. The molecule has 29 nitrogen and oxygen atoms in total. The number of sulfone groups is 2. The number of aliphatic hydroxyl groups is 1. The lowest BCUT2D eigenvalue weighted by Crippen LogP contribution is -2.55. The first-order valence-electron chi connectivity index (χ1n) is 30.3. The summed E-state index contributed by atoms with van der Waals surface area (Å²) in [4.78, 5) is 142. The van der Waals surface area contributed by atoms with E-state index >= 15 is 0 Å². The van der Waals surface area contributed by atoms with Gasteiger partial charge in [0.05, 0.1) is 42.1 Å². The molecule has 3 aliphatic rings. The number of alkyl carbamates (subject to hydrolysis) is 1. The van der Waals surface area contributed by atoms with Gasteiger partial charge in [0.15, 0.2) is 5.60 Å². The summed E-state index contributed by atoms with van der Waals surface area (Å²) in [7, 11) is -7.58. The molecule has 0 saturated carbocycles. The first kappa shape index (κ1) is 68.7. The predicted octanol–water partition coefficient (Wildman–Crippen LogP) is 2.60. The van der Waals surface area contributed by atoms with Gasteiger partial charge in [-0.15, -0.1) is 0 Å². The van der Waals surface area contributed by atoms with Crippen molar-refractivity contribution in [2.75, 3.05) is 37.5 Å². The Hall–Kier alpha value is -9.62. The number of nitrogens with zero attached hydrogens (tertiary/aromatic N) is 6. The Bertz CT molecular complexity index is 4270. The Kier molecular flexibility index (Phi) is 20.1. The minimum atomic E-state index is -3.79. The number of unbranched alkanes of at least 4 members (excludes halogenated alkanes) is 1. The highest BCUT2D eigenvalue weighted by molar-refractivity contribution is 7.90. The molecule has 0 spiro atoms. The van der Waals surface area contributed by atoms with E-state index in [1.165, 1.54) is 43.8 Å². The van der Waals surface area contributed by atoms with Crippen LogP contribution in [0.4, 0.5) is 10.5 Å². The van der Waals surface area contributed by atoms with Gasteiger partial charge in [0, 0.05) is 82.7 Å². The summed E-state index contributed by atoms with van der Waals surface area (Å²) in [5, 5.41) is 29.7. The summed E-state index contributed by atoms with van der Waals surface area (Å²) in [6.45, 7) is 10.3. The van der Waals surface area contributed by atoms with Gasteiger partial charge in [0.1, 0.15) is 30.3 Å². The number of carbonyl (C=O) groups is 8. The Balaban J connectivity index is 0.826. The SMILES string of the molecule is CC[C@@]1(O)C(=O)OCc2c1cc1n(c2=O)Cc2c-1nc1ccc(NC(=O)[C@H](C)NC(=O)[C@@H](NC(=O)CNC(=O)CNC(=O)[C@H](CCCCNC(=O)OC(C)(C)C)NC(=O)c3cc(-c4cnc(S(C)(=O)=O)nc4)cc(-c4cnc(S(C)(=O)=O)nc4)c3)C(C)C)c3c1c2CCC3. The number of aryl methyl sites for hydroxylation is 2. The largest absolute Gasteiger partial charge is 0.458 e. The Morgan fingerprint density at radius 3 is 1.94 bits per heavy atom. The Morgan fingerprint density at radius 2 is 1.34 bits per heavy atom. The van der Waals surface area contributed by atoms with E-state index in [0.717, 1.165) is 34.6 Å². The minimum absolute atomic E-state index is 0.00366. The average molecular weight is 1330 g/mol. The van der Waals surface area contributed by atoms with Crippen LogP contribution in [-0.4, -0.2) is 155 Å². The number of rotatable bonds is 23. The van der Waals surface area contributed by atoms with E-state index in [-0.39, 0.29) is 72.3 Å². The van der Waals surface area contributed by atoms with E-state index in [4.69, 9.17) is 14.5 Å². The molecule has 1 aliphatic carbocycles. The van der Waals surface area contributed by atoms with Gasteiger partial charge in [-0.25, -0.2) is 51.3 Å². The zero-order valence-corrected chi connectivity index (χ0v) is 54.8. The number of cyclic esters (lactones) is 1. The van der Waals surface area contributed by atoms with Gasteiger partial charge in [0.2, 0.25) is 59.5 Å². The second-order valence-corrected chi connectivity index (χ2v) is 28.5. The second-order valence-electron chi connectivity index (χ2n) is 24.7. The van der Waals surface area contributed by atoms with Crippen LogP contribution in [0.1, 0.15) is 119 Å². The second kappa shape index (κ2) is 27.5. The third-order valence-corrected chi connectivity index (χ3v) is 17.8. The number of hydrogen-bond acceptors (Lipinski definition) is 21. The summed E-state index contributed by atoms with van der Waals surface area (Å²) in [6.07, 6.45) is 8.63. The first-order chi connectivity index (χ1) is 44.2. The quantitative estimate of drug-likeness (QED) is 0.0259. The lowest BCUT2D eigenvalue weighted by atomic mass is 9.85.